The van der Waals surface area contributed by atoms with Crippen molar-refractivity contribution in [1.29, 1.82) is 0 Å². The van der Waals surface area contributed by atoms with Crippen LogP contribution in [-0.2, 0) is 6.54 Å². The lowest BCUT2D eigenvalue weighted by atomic mass is 10.1. The molecule has 3 aromatic rings. The Morgan fingerprint density at radius 3 is 2.57 bits per heavy atom. The molecule has 1 aliphatic rings. The summed E-state index contributed by atoms with van der Waals surface area (Å²) >= 11 is 0. The molecular weight excluding hydrogens is 290 g/mol. The Labute approximate surface area is 134 Å². The van der Waals surface area contributed by atoms with Gasteiger partial charge in [0.1, 0.15) is 19.0 Å². The van der Waals surface area contributed by atoms with Gasteiger partial charge in [-0.15, -0.1) is 0 Å². The molecular formula is C18H19N3O2. The van der Waals surface area contributed by atoms with Gasteiger partial charge in [-0.1, -0.05) is 12.1 Å². The molecule has 0 saturated carbocycles. The summed E-state index contributed by atoms with van der Waals surface area (Å²) < 4.78 is 13.5. The van der Waals surface area contributed by atoms with Crippen LogP contribution in [0.1, 0.15) is 12.5 Å². The van der Waals surface area contributed by atoms with E-state index in [9.17, 15) is 0 Å². The second-order valence-corrected chi connectivity index (χ2v) is 5.74. The molecule has 5 nitrogen and oxygen atoms in total. The van der Waals surface area contributed by atoms with Gasteiger partial charge in [-0.25, -0.2) is 4.98 Å². The van der Waals surface area contributed by atoms with Gasteiger partial charge in [0.05, 0.1) is 11.0 Å². The molecule has 1 aliphatic heterocycles. The second kappa shape index (κ2) is 5.19. The van der Waals surface area contributed by atoms with E-state index in [-0.39, 0.29) is 0 Å². The minimum atomic E-state index is 0.578. The Hall–Kier alpha value is -2.69. The minimum absolute atomic E-state index is 0.578. The summed E-state index contributed by atoms with van der Waals surface area (Å²) in [6, 6.07) is 10.0. The smallest absolute Gasteiger partial charge is 0.163 e. The molecule has 0 spiro atoms. The zero-order chi connectivity index (χ0) is 16.0. The molecule has 5 heteroatoms. The van der Waals surface area contributed by atoms with Crippen LogP contribution in [0.4, 0.5) is 5.69 Å². The van der Waals surface area contributed by atoms with Crippen molar-refractivity contribution in [2.45, 2.75) is 20.4 Å². The van der Waals surface area contributed by atoms with Crippen molar-refractivity contribution in [3.63, 3.8) is 0 Å². The summed E-state index contributed by atoms with van der Waals surface area (Å²) in [5.41, 5.74) is 10.9. The average molecular weight is 309 g/mol. The summed E-state index contributed by atoms with van der Waals surface area (Å²) in [7, 11) is 0. The van der Waals surface area contributed by atoms with Gasteiger partial charge in [-0.3, -0.25) is 0 Å². The average Bonchev–Trinajstić information content (AvgIpc) is 2.92. The number of nitrogen functional groups attached to an aromatic ring is 1. The molecule has 2 N–H and O–H groups in total. The van der Waals surface area contributed by atoms with E-state index in [1.165, 1.54) is 0 Å². The molecule has 1 aromatic heterocycles. The van der Waals surface area contributed by atoms with E-state index in [1.807, 2.05) is 31.2 Å². The number of hydrogen-bond acceptors (Lipinski definition) is 4. The van der Waals surface area contributed by atoms with Crippen molar-refractivity contribution in [2.75, 3.05) is 18.9 Å². The Bertz CT molecular complexity index is 899. The van der Waals surface area contributed by atoms with Crippen LogP contribution in [0, 0.1) is 6.92 Å². The normalized spacial score (nSPS) is 13.5. The highest BCUT2D eigenvalue weighted by Crippen LogP contribution is 2.36. The Morgan fingerprint density at radius 2 is 1.87 bits per heavy atom. The van der Waals surface area contributed by atoms with Crippen molar-refractivity contribution in [3.05, 3.63) is 35.9 Å². The van der Waals surface area contributed by atoms with Gasteiger partial charge in [0.15, 0.2) is 11.5 Å². The van der Waals surface area contributed by atoms with Crippen LogP contribution in [0.15, 0.2) is 30.3 Å². The zero-order valence-electron chi connectivity index (χ0n) is 13.3. The van der Waals surface area contributed by atoms with Crippen molar-refractivity contribution < 1.29 is 9.47 Å². The van der Waals surface area contributed by atoms with Crippen LogP contribution >= 0.6 is 0 Å². The number of anilines is 1. The maximum absolute atomic E-state index is 6.07. The van der Waals surface area contributed by atoms with Gasteiger partial charge in [0, 0.05) is 29.9 Å². The maximum atomic E-state index is 6.07. The van der Waals surface area contributed by atoms with Crippen LogP contribution in [0.25, 0.3) is 22.4 Å². The van der Waals surface area contributed by atoms with E-state index >= 15 is 0 Å². The third kappa shape index (κ3) is 2.20. The van der Waals surface area contributed by atoms with Crippen LogP contribution in [0.2, 0.25) is 0 Å². The van der Waals surface area contributed by atoms with Crippen molar-refractivity contribution >= 4 is 16.7 Å². The second-order valence-electron chi connectivity index (χ2n) is 5.74. The first kappa shape index (κ1) is 13.9. The largest absolute Gasteiger partial charge is 0.486 e. The van der Waals surface area contributed by atoms with Gasteiger partial charge in [-0.2, -0.15) is 0 Å². The van der Waals surface area contributed by atoms with Crippen LogP contribution in [0.3, 0.4) is 0 Å². The fraction of sp³-hybridized carbons (Fsp3) is 0.278. The summed E-state index contributed by atoms with van der Waals surface area (Å²) in [6.45, 7) is 6.09. The Morgan fingerprint density at radius 1 is 1.13 bits per heavy atom. The first-order chi connectivity index (χ1) is 11.2. The molecule has 4 rings (SSSR count). The highest BCUT2D eigenvalue weighted by Gasteiger charge is 2.18. The fourth-order valence-electron chi connectivity index (χ4n) is 2.98. The summed E-state index contributed by atoms with van der Waals surface area (Å²) in [4.78, 5) is 4.80. The number of imidazole rings is 1. The van der Waals surface area contributed by atoms with E-state index in [0.29, 0.717) is 13.2 Å². The zero-order valence-corrected chi connectivity index (χ0v) is 13.3. The van der Waals surface area contributed by atoms with Gasteiger partial charge in [0.25, 0.3) is 0 Å². The Balaban J connectivity index is 1.94. The van der Waals surface area contributed by atoms with E-state index in [0.717, 1.165) is 51.7 Å². The minimum Gasteiger partial charge on any atom is -0.486 e. The number of hydrogen-bond donors (Lipinski definition) is 1. The van der Waals surface area contributed by atoms with Gasteiger partial charge < -0.3 is 19.8 Å². The number of aryl methyl sites for hydroxylation is 2. The quantitative estimate of drug-likeness (QED) is 0.737. The lowest BCUT2D eigenvalue weighted by molar-refractivity contribution is 0.172. The number of nitrogens with zero attached hydrogens (tertiary/aromatic N) is 2. The molecule has 118 valence electrons. The predicted octanol–water partition coefficient (Wildman–Crippen LogP) is 3.39. The third-order valence-corrected chi connectivity index (χ3v) is 4.27. The maximum Gasteiger partial charge on any atom is 0.163 e. The molecule has 0 atom stereocenters. The molecule has 0 unspecified atom stereocenters. The molecule has 23 heavy (non-hydrogen) atoms. The van der Waals surface area contributed by atoms with Crippen molar-refractivity contribution in [2.24, 2.45) is 0 Å². The summed E-state index contributed by atoms with van der Waals surface area (Å²) in [5, 5.41) is 0. The number of aromatic nitrogens is 2. The van der Waals surface area contributed by atoms with Crippen LogP contribution < -0.4 is 15.2 Å². The lowest BCUT2D eigenvalue weighted by Gasteiger charge is -2.18. The van der Waals surface area contributed by atoms with Gasteiger partial charge >= 0.3 is 0 Å². The highest BCUT2D eigenvalue weighted by atomic mass is 16.6. The topological polar surface area (TPSA) is 62.3 Å². The van der Waals surface area contributed by atoms with Crippen LogP contribution in [-0.4, -0.2) is 22.8 Å². The van der Waals surface area contributed by atoms with Gasteiger partial charge in [-0.05, 0) is 25.5 Å². The van der Waals surface area contributed by atoms with Crippen LogP contribution in [0.5, 0.6) is 11.5 Å². The van der Waals surface area contributed by atoms with E-state index < -0.39 is 0 Å². The molecule has 0 fully saturated rings. The number of rotatable bonds is 2. The number of nitrogens with two attached hydrogens (primary N) is 1. The van der Waals surface area contributed by atoms with E-state index in [4.69, 9.17) is 20.2 Å². The molecule has 0 radical (unpaired) electrons. The summed E-state index contributed by atoms with van der Waals surface area (Å²) in [5.74, 6) is 2.46. The number of ether oxygens (including phenoxy) is 2. The molecule has 0 aliphatic carbocycles. The molecule has 0 amide bonds. The fourth-order valence-corrected chi connectivity index (χ4v) is 2.98. The van der Waals surface area contributed by atoms with Crippen molar-refractivity contribution in [3.8, 4) is 22.9 Å². The SMILES string of the molecule is CCn1c(-c2ccc(C)c(N)c2)nc2cc3c(cc21)OCCO3. The third-order valence-electron chi connectivity index (χ3n) is 4.27. The first-order valence-corrected chi connectivity index (χ1v) is 7.83. The van der Waals surface area contributed by atoms with Gasteiger partial charge in [0.2, 0.25) is 0 Å². The number of fused-ring (bicyclic) bond motifs is 2. The molecule has 0 saturated heterocycles. The van der Waals surface area contributed by atoms with E-state index in [2.05, 4.69) is 17.6 Å². The lowest BCUT2D eigenvalue weighted by Crippen LogP contribution is -2.15. The Kier molecular flexibility index (Phi) is 3.15. The molecule has 2 heterocycles. The standard InChI is InChI=1S/C18H19N3O2/c1-3-21-15-10-17-16(22-6-7-23-17)9-14(15)20-18(21)12-5-4-11(2)13(19)8-12/h4-5,8-10H,3,6-7,19H2,1-2H3. The molecule has 0 bridgehead atoms. The number of benzene rings is 2. The summed E-state index contributed by atoms with van der Waals surface area (Å²) in [6.07, 6.45) is 0. The monoisotopic (exact) mass is 309 g/mol. The predicted molar refractivity (Wildman–Crippen MR) is 91.0 cm³/mol. The van der Waals surface area contributed by atoms with Crippen molar-refractivity contribution in [1.82, 2.24) is 9.55 Å². The molecule has 2 aromatic carbocycles. The first-order valence-electron chi connectivity index (χ1n) is 7.83. The van der Waals surface area contributed by atoms with E-state index in [1.54, 1.807) is 0 Å². The highest BCUT2D eigenvalue weighted by molar-refractivity contribution is 5.84.